The van der Waals surface area contributed by atoms with E-state index in [-0.39, 0.29) is 39.6 Å². The van der Waals surface area contributed by atoms with E-state index in [0.29, 0.717) is 0 Å². The Morgan fingerprint density at radius 3 is 1.27 bits per heavy atom. The van der Waals surface area contributed by atoms with Crippen LogP contribution in [0.15, 0.2) is 152 Å². The summed E-state index contributed by atoms with van der Waals surface area (Å²) >= 11 is 0. The van der Waals surface area contributed by atoms with Gasteiger partial charge < -0.3 is 71.6 Å². The van der Waals surface area contributed by atoms with Gasteiger partial charge in [0.15, 0.2) is 37.2 Å². The van der Waals surface area contributed by atoms with Crippen LogP contribution in [0.3, 0.4) is 0 Å². The van der Waals surface area contributed by atoms with Crippen molar-refractivity contribution in [2.45, 2.75) is 167 Å². The zero-order valence-electron chi connectivity index (χ0n) is 47.3. The van der Waals surface area contributed by atoms with Gasteiger partial charge in [-0.2, -0.15) is 0 Å². The molecule has 3 aliphatic heterocycles. The highest BCUT2D eigenvalue weighted by Crippen LogP contribution is 2.38. The van der Waals surface area contributed by atoms with Crippen molar-refractivity contribution in [3.05, 3.63) is 179 Å². The third-order valence-corrected chi connectivity index (χ3v) is 13.8. The predicted molar refractivity (Wildman–Crippen MR) is 295 cm³/mol. The second kappa shape index (κ2) is 31.1. The first-order chi connectivity index (χ1) is 40.2. The molecule has 3 unspecified atom stereocenters. The lowest BCUT2D eigenvalue weighted by atomic mass is 9.94. The van der Waals surface area contributed by atoms with Gasteiger partial charge in [-0.15, -0.1) is 0 Å². The number of hydrogen-bond acceptors (Lipinski definition) is 19. The summed E-state index contributed by atoms with van der Waals surface area (Å²) in [5.41, 5.74) is 4.23. The number of hydrogen-bond donors (Lipinski definition) is 1. The van der Waals surface area contributed by atoms with E-state index in [4.69, 9.17) is 66.3 Å². The van der Waals surface area contributed by atoms with Gasteiger partial charge in [0.05, 0.1) is 45.7 Å². The molecule has 15 atom stereocenters. The number of esters is 4. The van der Waals surface area contributed by atoms with E-state index < -0.39 is 128 Å². The van der Waals surface area contributed by atoms with Crippen molar-refractivity contribution in [2.75, 3.05) is 13.2 Å². The Morgan fingerprint density at radius 2 is 0.783 bits per heavy atom. The van der Waals surface area contributed by atoms with Crippen LogP contribution < -0.4 is 5.32 Å². The molecule has 0 spiro atoms. The summed E-state index contributed by atoms with van der Waals surface area (Å²) in [4.78, 5) is 65.1. The predicted octanol–water partition coefficient (Wildman–Crippen LogP) is 7.00. The summed E-state index contributed by atoms with van der Waals surface area (Å²) < 4.78 is 91.6. The summed E-state index contributed by atoms with van der Waals surface area (Å²) in [7, 11) is 0. The molecule has 1 N–H and O–H groups in total. The van der Waals surface area contributed by atoms with Crippen molar-refractivity contribution < 1.29 is 90.3 Å². The lowest BCUT2D eigenvalue weighted by Gasteiger charge is -2.51. The number of carbonyl (C=O) groups excluding carboxylic acids is 5. The fraction of sp³-hybridized carbons (Fsp3) is 0.444. The summed E-state index contributed by atoms with van der Waals surface area (Å²) in [5, 5.41) is 2.98. The highest BCUT2D eigenvalue weighted by atomic mass is 16.8. The van der Waals surface area contributed by atoms with E-state index in [1.165, 1.54) is 13.8 Å². The molecule has 3 saturated heterocycles. The minimum atomic E-state index is -1.78. The lowest BCUT2D eigenvalue weighted by molar-refractivity contribution is -0.380. The van der Waals surface area contributed by atoms with Crippen molar-refractivity contribution in [3.63, 3.8) is 0 Å². The van der Waals surface area contributed by atoms with Crippen LogP contribution in [-0.4, -0.2) is 135 Å². The molecule has 3 aliphatic rings. The Bertz CT molecular complexity index is 2800. The van der Waals surface area contributed by atoms with E-state index in [1.807, 2.05) is 159 Å². The third kappa shape index (κ3) is 18.3. The maximum atomic E-state index is 13.7. The molecular formula is C63H73NO19. The zero-order chi connectivity index (χ0) is 58.7. The molecule has 0 aliphatic carbocycles. The van der Waals surface area contributed by atoms with Crippen LogP contribution in [0, 0.1) is 0 Å². The Labute approximate surface area is 483 Å². The maximum absolute atomic E-state index is 13.7. The molecule has 5 aromatic rings. The van der Waals surface area contributed by atoms with Crippen LogP contribution in [0.2, 0.25) is 0 Å². The first-order valence-electron chi connectivity index (χ1n) is 27.6. The molecule has 20 heteroatoms. The molecule has 5 aromatic carbocycles. The zero-order valence-corrected chi connectivity index (χ0v) is 47.3. The third-order valence-electron chi connectivity index (χ3n) is 13.8. The van der Waals surface area contributed by atoms with Gasteiger partial charge in [0.25, 0.3) is 0 Å². The topological polar surface area (TPSA) is 227 Å². The van der Waals surface area contributed by atoms with Gasteiger partial charge in [0, 0.05) is 34.6 Å². The number of benzene rings is 5. The van der Waals surface area contributed by atoms with Gasteiger partial charge in [-0.25, -0.2) is 0 Å². The quantitative estimate of drug-likeness (QED) is 0.0434. The Balaban J connectivity index is 1.26. The maximum Gasteiger partial charge on any atom is 0.303 e. The van der Waals surface area contributed by atoms with Crippen molar-refractivity contribution in [2.24, 2.45) is 0 Å². The van der Waals surface area contributed by atoms with Crippen molar-refractivity contribution in [1.29, 1.82) is 0 Å². The average Bonchev–Trinajstić information content (AvgIpc) is 3.63. The molecule has 8 rings (SSSR count). The van der Waals surface area contributed by atoms with E-state index in [2.05, 4.69) is 5.32 Å². The molecule has 0 saturated carbocycles. The lowest BCUT2D eigenvalue weighted by Crippen LogP contribution is -2.70. The molecule has 3 fully saturated rings. The van der Waals surface area contributed by atoms with E-state index in [9.17, 15) is 24.0 Å². The van der Waals surface area contributed by atoms with E-state index >= 15 is 0 Å². The SMILES string of the molecule is CC(=O)N[C@H]1C(OCc2ccccc2)O[C@H](COCc2ccccc2)[C@@H](O[C@@H]2OC(C)C(OCc3ccccc3)[C@@H](OCc3ccccc3)[C@@H]2OCc2ccccc2)[C@@H]1O[C@@H]1O[C@H](COC(C)=O)[C@H](OC(C)=O)[C@H](OC(C)=O)[C@H]1OC(C)=O. The summed E-state index contributed by atoms with van der Waals surface area (Å²) in [6.07, 6.45) is -18.2. The fourth-order valence-electron chi connectivity index (χ4n) is 10.1. The highest BCUT2D eigenvalue weighted by Gasteiger charge is 2.58. The smallest absolute Gasteiger partial charge is 0.303 e. The number of rotatable bonds is 26. The minimum Gasteiger partial charge on any atom is -0.463 e. The van der Waals surface area contributed by atoms with Crippen LogP contribution in [0.25, 0.3) is 0 Å². The van der Waals surface area contributed by atoms with Gasteiger partial charge in [0.2, 0.25) is 5.91 Å². The largest absolute Gasteiger partial charge is 0.463 e. The standard InChI is InChI=1S/C63H73NO19/c1-39-53(72-33-46-24-14-8-15-25-46)57(73-34-47-26-16-9-17-27-47)59(74-35-48-28-18-10-19-29-48)62(76-39)82-54-50(37-70-32-45-22-12-7-13-23-45)80-61(75-36-49-30-20-11-21-31-49)52(64-40(2)65)56(54)83-63-60(79-44(6)69)58(78-43(5)68)55(77-42(4)67)51(81-63)38-71-41(3)66/h7-31,39,50-63H,32-38H2,1-6H3,(H,64,65)/t39?,50-,51-,52-,53?,54-,55+,56-,57-,58+,59+,60-,61?,62+,63+/m1/s1. The monoisotopic (exact) mass is 1150 g/mol. The first kappa shape index (κ1) is 62.1. The summed E-state index contributed by atoms with van der Waals surface area (Å²) in [5.74, 6) is -3.81. The van der Waals surface area contributed by atoms with Crippen LogP contribution in [-0.2, 0) is 123 Å². The summed E-state index contributed by atoms with van der Waals surface area (Å²) in [6.45, 7) is 7.44. The average molecular weight is 1150 g/mol. The number of nitrogens with one attached hydrogen (secondary N) is 1. The Morgan fingerprint density at radius 1 is 0.386 bits per heavy atom. The molecule has 0 bridgehead atoms. The Kier molecular flexibility index (Phi) is 23.3. The molecule has 0 radical (unpaired) electrons. The molecule has 3 heterocycles. The first-order valence-corrected chi connectivity index (χ1v) is 27.6. The Hall–Kier alpha value is -6.95. The van der Waals surface area contributed by atoms with Crippen molar-refractivity contribution in [3.8, 4) is 0 Å². The number of carbonyl (C=O) groups is 5. The van der Waals surface area contributed by atoms with Crippen LogP contribution >= 0.6 is 0 Å². The highest BCUT2D eigenvalue weighted by molar-refractivity contribution is 5.73. The van der Waals surface area contributed by atoms with Gasteiger partial charge in [-0.1, -0.05) is 152 Å². The molecule has 444 valence electrons. The van der Waals surface area contributed by atoms with Gasteiger partial charge in [-0.05, 0) is 34.7 Å². The normalized spacial score (nSPS) is 27.8. The van der Waals surface area contributed by atoms with Crippen LogP contribution in [0.1, 0.15) is 69.4 Å². The minimum absolute atomic E-state index is 0.0140. The van der Waals surface area contributed by atoms with Crippen molar-refractivity contribution in [1.82, 2.24) is 5.32 Å². The van der Waals surface area contributed by atoms with Crippen molar-refractivity contribution >= 4 is 29.8 Å². The molecule has 0 aromatic heterocycles. The van der Waals surface area contributed by atoms with Gasteiger partial charge in [-0.3, -0.25) is 24.0 Å². The fourth-order valence-corrected chi connectivity index (χ4v) is 10.1. The van der Waals surface area contributed by atoms with E-state index in [0.717, 1.165) is 48.6 Å². The molecular weight excluding hydrogens is 1070 g/mol. The number of ether oxygens (including phenoxy) is 14. The molecule has 20 nitrogen and oxygen atoms in total. The summed E-state index contributed by atoms with van der Waals surface area (Å²) in [6, 6.07) is 46.3. The van der Waals surface area contributed by atoms with Crippen LogP contribution in [0.4, 0.5) is 0 Å². The number of amides is 1. The second-order valence-electron chi connectivity index (χ2n) is 20.3. The molecule has 1 amide bonds. The van der Waals surface area contributed by atoms with E-state index in [1.54, 1.807) is 0 Å². The van der Waals surface area contributed by atoms with Gasteiger partial charge >= 0.3 is 23.9 Å². The van der Waals surface area contributed by atoms with Crippen LogP contribution in [0.5, 0.6) is 0 Å². The second-order valence-corrected chi connectivity index (χ2v) is 20.3. The molecule has 83 heavy (non-hydrogen) atoms. The van der Waals surface area contributed by atoms with Gasteiger partial charge in [0.1, 0.15) is 55.4 Å².